The molecule has 2 aromatic heterocycles. The molecule has 96 valence electrons. The highest BCUT2D eigenvalue weighted by Gasteiger charge is 2.18. The van der Waals surface area contributed by atoms with Gasteiger partial charge in [-0.25, -0.2) is 9.97 Å². The number of hydrogen-bond donors (Lipinski definition) is 1. The molecule has 1 aliphatic rings. The van der Waals surface area contributed by atoms with E-state index in [-0.39, 0.29) is 0 Å². The lowest BCUT2D eigenvalue weighted by molar-refractivity contribution is 0.601. The molecule has 0 spiro atoms. The van der Waals surface area contributed by atoms with E-state index >= 15 is 0 Å². The van der Waals surface area contributed by atoms with Crippen molar-refractivity contribution in [3.63, 3.8) is 0 Å². The zero-order chi connectivity index (χ0) is 12.5. The van der Waals surface area contributed by atoms with E-state index in [1.807, 2.05) is 18.6 Å². The van der Waals surface area contributed by atoms with E-state index in [2.05, 4.69) is 41.9 Å². The Hall–Kier alpha value is -0.890. The van der Waals surface area contributed by atoms with E-state index in [1.165, 1.54) is 0 Å². The maximum atomic E-state index is 6.02. The SMILES string of the molecule is N[C@@H]1CCCN(c2ncc(I)c3nccn23)CC1. The number of halogens is 1. The van der Waals surface area contributed by atoms with Crippen LogP contribution in [-0.4, -0.2) is 33.5 Å². The molecule has 18 heavy (non-hydrogen) atoms. The molecule has 3 heterocycles. The van der Waals surface area contributed by atoms with Crippen LogP contribution in [0.25, 0.3) is 5.65 Å². The summed E-state index contributed by atoms with van der Waals surface area (Å²) in [5.41, 5.74) is 7.01. The number of rotatable bonds is 1. The highest BCUT2D eigenvalue weighted by molar-refractivity contribution is 14.1. The number of nitrogens with zero attached hydrogens (tertiary/aromatic N) is 4. The van der Waals surface area contributed by atoms with Crippen LogP contribution in [-0.2, 0) is 0 Å². The summed E-state index contributed by atoms with van der Waals surface area (Å²) in [6, 6.07) is 0.331. The van der Waals surface area contributed by atoms with Crippen molar-refractivity contribution in [1.29, 1.82) is 0 Å². The summed E-state index contributed by atoms with van der Waals surface area (Å²) in [5.74, 6) is 0.983. The summed E-state index contributed by atoms with van der Waals surface area (Å²) in [4.78, 5) is 11.3. The molecular formula is C12H16IN5. The number of nitrogens with two attached hydrogens (primary N) is 1. The van der Waals surface area contributed by atoms with Gasteiger partial charge in [-0.1, -0.05) is 0 Å². The second-order valence-electron chi connectivity index (χ2n) is 4.71. The Kier molecular flexibility index (Phi) is 3.38. The van der Waals surface area contributed by atoms with Crippen LogP contribution < -0.4 is 10.6 Å². The first-order valence-electron chi connectivity index (χ1n) is 6.24. The summed E-state index contributed by atoms with van der Waals surface area (Å²) in [6.07, 6.45) is 8.96. The summed E-state index contributed by atoms with van der Waals surface area (Å²) in [5, 5.41) is 0. The third kappa shape index (κ3) is 2.18. The third-order valence-electron chi connectivity index (χ3n) is 3.42. The van der Waals surface area contributed by atoms with Crippen LogP contribution in [0.5, 0.6) is 0 Å². The van der Waals surface area contributed by atoms with Crippen molar-refractivity contribution in [2.75, 3.05) is 18.0 Å². The van der Waals surface area contributed by atoms with Gasteiger partial charge < -0.3 is 10.6 Å². The molecule has 1 fully saturated rings. The molecule has 0 aliphatic carbocycles. The number of imidazole rings is 1. The largest absolute Gasteiger partial charge is 0.342 e. The van der Waals surface area contributed by atoms with E-state index in [1.54, 1.807) is 0 Å². The molecule has 1 aliphatic heterocycles. The molecule has 2 N–H and O–H groups in total. The number of hydrogen-bond acceptors (Lipinski definition) is 4. The van der Waals surface area contributed by atoms with Crippen molar-refractivity contribution in [2.45, 2.75) is 25.3 Å². The molecule has 0 amide bonds. The van der Waals surface area contributed by atoms with Crippen molar-refractivity contribution in [3.8, 4) is 0 Å². The zero-order valence-corrected chi connectivity index (χ0v) is 12.2. The molecule has 6 heteroatoms. The summed E-state index contributed by atoms with van der Waals surface area (Å²) in [6.45, 7) is 2.00. The average Bonchev–Trinajstić information content (AvgIpc) is 2.75. The van der Waals surface area contributed by atoms with Gasteiger partial charge in [0.25, 0.3) is 0 Å². The fraction of sp³-hybridized carbons (Fsp3) is 0.500. The van der Waals surface area contributed by atoms with Crippen LogP contribution in [0.3, 0.4) is 0 Å². The second kappa shape index (κ2) is 5.00. The molecule has 0 aromatic carbocycles. The fourth-order valence-corrected chi connectivity index (χ4v) is 2.97. The molecule has 1 saturated heterocycles. The Morgan fingerprint density at radius 3 is 3.06 bits per heavy atom. The topological polar surface area (TPSA) is 59.5 Å². The van der Waals surface area contributed by atoms with Crippen LogP contribution in [0.2, 0.25) is 0 Å². The van der Waals surface area contributed by atoms with Crippen LogP contribution in [0.15, 0.2) is 18.6 Å². The van der Waals surface area contributed by atoms with Gasteiger partial charge in [-0.15, -0.1) is 0 Å². The molecule has 3 rings (SSSR count). The third-order valence-corrected chi connectivity index (χ3v) is 4.18. The van der Waals surface area contributed by atoms with Gasteiger partial charge in [0.05, 0.1) is 3.57 Å². The molecule has 0 bridgehead atoms. The zero-order valence-electron chi connectivity index (χ0n) is 10.1. The summed E-state index contributed by atoms with van der Waals surface area (Å²) in [7, 11) is 0. The Labute approximate surface area is 120 Å². The molecule has 1 atom stereocenters. The van der Waals surface area contributed by atoms with Gasteiger partial charge in [0.15, 0.2) is 5.65 Å². The predicted octanol–water partition coefficient (Wildman–Crippen LogP) is 1.65. The number of anilines is 1. The van der Waals surface area contributed by atoms with Crippen molar-refractivity contribution < 1.29 is 0 Å². The average molecular weight is 357 g/mol. The van der Waals surface area contributed by atoms with E-state index in [9.17, 15) is 0 Å². The van der Waals surface area contributed by atoms with Gasteiger partial charge in [-0.05, 0) is 41.9 Å². The molecule has 0 saturated carbocycles. The number of aromatic nitrogens is 3. The predicted molar refractivity (Wildman–Crippen MR) is 79.7 cm³/mol. The summed E-state index contributed by atoms with van der Waals surface area (Å²) >= 11 is 2.27. The van der Waals surface area contributed by atoms with E-state index in [0.717, 1.165) is 47.5 Å². The molecular weight excluding hydrogens is 341 g/mol. The first kappa shape index (κ1) is 12.2. The van der Waals surface area contributed by atoms with Gasteiger partial charge in [0, 0.05) is 37.7 Å². The first-order valence-corrected chi connectivity index (χ1v) is 7.31. The van der Waals surface area contributed by atoms with Crippen molar-refractivity contribution in [1.82, 2.24) is 14.4 Å². The highest BCUT2D eigenvalue weighted by atomic mass is 127. The Balaban J connectivity index is 1.98. The standard InChI is InChI=1S/C12H16IN5/c13-10-8-16-12(18-7-4-15-11(10)18)17-5-1-2-9(14)3-6-17/h4,7-9H,1-3,5-6,14H2/t9-/m1/s1. The Morgan fingerprint density at radius 1 is 1.28 bits per heavy atom. The first-order chi connectivity index (χ1) is 8.75. The number of fused-ring (bicyclic) bond motifs is 1. The lowest BCUT2D eigenvalue weighted by Gasteiger charge is -2.22. The lowest BCUT2D eigenvalue weighted by atomic mass is 10.1. The fourth-order valence-electron chi connectivity index (χ4n) is 2.43. The smallest absolute Gasteiger partial charge is 0.211 e. The van der Waals surface area contributed by atoms with Gasteiger partial charge in [0.2, 0.25) is 5.95 Å². The van der Waals surface area contributed by atoms with E-state index < -0.39 is 0 Å². The van der Waals surface area contributed by atoms with Crippen LogP contribution in [0, 0.1) is 3.57 Å². The lowest BCUT2D eigenvalue weighted by Crippen LogP contribution is -2.28. The Bertz CT molecular complexity index is 552. The van der Waals surface area contributed by atoms with Crippen molar-refractivity contribution in [3.05, 3.63) is 22.2 Å². The maximum absolute atomic E-state index is 6.02. The minimum Gasteiger partial charge on any atom is -0.342 e. The molecule has 0 unspecified atom stereocenters. The highest BCUT2D eigenvalue weighted by Crippen LogP contribution is 2.20. The second-order valence-corrected chi connectivity index (χ2v) is 5.87. The van der Waals surface area contributed by atoms with Crippen LogP contribution in [0.4, 0.5) is 5.95 Å². The van der Waals surface area contributed by atoms with Crippen molar-refractivity contribution in [2.24, 2.45) is 5.73 Å². The quantitative estimate of drug-likeness (QED) is 0.789. The molecule has 2 aromatic rings. The maximum Gasteiger partial charge on any atom is 0.211 e. The molecule has 5 nitrogen and oxygen atoms in total. The minimum atomic E-state index is 0.331. The van der Waals surface area contributed by atoms with Gasteiger partial charge in [0.1, 0.15) is 0 Å². The van der Waals surface area contributed by atoms with Crippen LogP contribution in [0.1, 0.15) is 19.3 Å². The van der Waals surface area contributed by atoms with E-state index in [0.29, 0.717) is 6.04 Å². The monoisotopic (exact) mass is 357 g/mol. The van der Waals surface area contributed by atoms with Gasteiger partial charge in [-0.3, -0.25) is 4.40 Å². The normalized spacial score (nSPS) is 21.2. The van der Waals surface area contributed by atoms with E-state index in [4.69, 9.17) is 5.73 Å². The Morgan fingerprint density at radius 2 is 2.17 bits per heavy atom. The van der Waals surface area contributed by atoms with Gasteiger partial charge in [-0.2, -0.15) is 0 Å². The minimum absolute atomic E-state index is 0.331. The molecule has 0 radical (unpaired) electrons. The van der Waals surface area contributed by atoms with Crippen molar-refractivity contribution >= 4 is 34.2 Å². The van der Waals surface area contributed by atoms with Gasteiger partial charge >= 0.3 is 0 Å². The summed E-state index contributed by atoms with van der Waals surface area (Å²) < 4.78 is 3.14. The van der Waals surface area contributed by atoms with Crippen LogP contribution >= 0.6 is 22.6 Å².